The third kappa shape index (κ3) is 4.86. The molecule has 0 radical (unpaired) electrons. The van der Waals surface area contributed by atoms with Crippen molar-refractivity contribution < 1.29 is 14.6 Å². The molecule has 2 aromatic heterocycles. The minimum absolute atomic E-state index is 0.0105. The van der Waals surface area contributed by atoms with E-state index in [-0.39, 0.29) is 31.0 Å². The summed E-state index contributed by atoms with van der Waals surface area (Å²) in [5, 5.41) is 9.29. The molecule has 0 amide bonds. The second-order valence-corrected chi connectivity index (χ2v) is 6.25. The Labute approximate surface area is 146 Å². The third-order valence-electron chi connectivity index (χ3n) is 4.36. The van der Waals surface area contributed by atoms with E-state index in [2.05, 4.69) is 15.0 Å². The fourth-order valence-corrected chi connectivity index (χ4v) is 2.47. The lowest BCUT2D eigenvalue weighted by Crippen LogP contribution is -2.39. The highest BCUT2D eigenvalue weighted by Crippen LogP contribution is 2.15. The van der Waals surface area contributed by atoms with Crippen LogP contribution >= 0.6 is 0 Å². The van der Waals surface area contributed by atoms with Gasteiger partial charge in [-0.1, -0.05) is 20.3 Å². The van der Waals surface area contributed by atoms with Crippen LogP contribution in [0.2, 0.25) is 0 Å². The number of anilines is 1. The van der Waals surface area contributed by atoms with Crippen LogP contribution in [-0.2, 0) is 16.1 Å². The van der Waals surface area contributed by atoms with E-state index in [1.165, 1.54) is 0 Å². The van der Waals surface area contributed by atoms with Gasteiger partial charge in [0.05, 0.1) is 19.1 Å². The first-order valence-corrected chi connectivity index (χ1v) is 8.42. The molecule has 2 rings (SSSR count). The molecule has 0 aliphatic heterocycles. The Morgan fingerprint density at radius 3 is 2.88 bits per heavy atom. The van der Waals surface area contributed by atoms with Crippen molar-refractivity contribution in [2.24, 2.45) is 17.6 Å². The molecule has 0 unspecified atom stereocenters. The summed E-state index contributed by atoms with van der Waals surface area (Å²) in [4.78, 5) is 24.4. The van der Waals surface area contributed by atoms with E-state index in [0.29, 0.717) is 24.1 Å². The Balaban J connectivity index is 2.02. The first-order valence-electron chi connectivity index (χ1n) is 8.42. The minimum atomic E-state index is -0.638. The number of nitrogens with zero attached hydrogens (tertiary/aromatic N) is 4. The number of esters is 1. The molecular weight excluding hydrogens is 324 g/mol. The van der Waals surface area contributed by atoms with Crippen LogP contribution < -0.4 is 11.5 Å². The SMILES string of the molecule is CC[C@H](C)[C@H](N)C(=O)OC[C@H](CCO)Cn1cnc2cnc(N)nc21. The monoisotopic (exact) mass is 350 g/mol. The maximum atomic E-state index is 12.0. The zero-order valence-corrected chi connectivity index (χ0v) is 14.6. The minimum Gasteiger partial charge on any atom is -0.464 e. The topological polar surface area (TPSA) is 142 Å². The van der Waals surface area contributed by atoms with E-state index in [1.54, 1.807) is 12.5 Å². The third-order valence-corrected chi connectivity index (χ3v) is 4.36. The Hall–Kier alpha value is -2.26. The van der Waals surface area contributed by atoms with Gasteiger partial charge in [0.2, 0.25) is 5.95 Å². The van der Waals surface area contributed by atoms with Gasteiger partial charge in [0.15, 0.2) is 5.65 Å². The average molecular weight is 350 g/mol. The number of imidazole rings is 1. The smallest absolute Gasteiger partial charge is 0.323 e. The Bertz CT molecular complexity index is 704. The van der Waals surface area contributed by atoms with Crippen LogP contribution in [0.3, 0.4) is 0 Å². The van der Waals surface area contributed by atoms with Crippen LogP contribution in [0.25, 0.3) is 11.2 Å². The molecule has 25 heavy (non-hydrogen) atoms. The molecule has 5 N–H and O–H groups in total. The fraction of sp³-hybridized carbons (Fsp3) is 0.625. The Morgan fingerprint density at radius 2 is 2.20 bits per heavy atom. The standard InChI is InChI=1S/C16H26N6O3/c1-3-10(2)13(17)15(24)25-8-11(4-5-23)7-22-9-20-12-6-19-16(18)21-14(12)22/h6,9-11,13,23H,3-5,7-8,17H2,1-2H3,(H2,18,19,21)/t10-,11+,13-/m0/s1. The van der Waals surface area contributed by atoms with Gasteiger partial charge in [-0.25, -0.2) is 9.97 Å². The van der Waals surface area contributed by atoms with E-state index >= 15 is 0 Å². The van der Waals surface area contributed by atoms with E-state index in [4.69, 9.17) is 16.2 Å². The maximum absolute atomic E-state index is 12.0. The number of nitrogen functional groups attached to an aromatic ring is 1. The summed E-state index contributed by atoms with van der Waals surface area (Å²) in [5.41, 5.74) is 12.8. The van der Waals surface area contributed by atoms with Gasteiger partial charge in [-0.2, -0.15) is 4.98 Å². The van der Waals surface area contributed by atoms with Crippen LogP contribution in [-0.4, -0.2) is 49.9 Å². The number of hydrogen-bond donors (Lipinski definition) is 3. The number of ether oxygens (including phenoxy) is 1. The van der Waals surface area contributed by atoms with Crippen LogP contribution in [0.5, 0.6) is 0 Å². The molecule has 9 nitrogen and oxygen atoms in total. The highest BCUT2D eigenvalue weighted by Gasteiger charge is 2.22. The van der Waals surface area contributed by atoms with Gasteiger partial charge in [0.25, 0.3) is 0 Å². The zero-order chi connectivity index (χ0) is 18.4. The molecule has 0 bridgehead atoms. The van der Waals surface area contributed by atoms with Crippen molar-refractivity contribution in [3.63, 3.8) is 0 Å². The van der Waals surface area contributed by atoms with Gasteiger partial charge in [-0.3, -0.25) is 4.79 Å². The lowest BCUT2D eigenvalue weighted by molar-refractivity contribution is -0.148. The van der Waals surface area contributed by atoms with Crippen molar-refractivity contribution in [3.8, 4) is 0 Å². The van der Waals surface area contributed by atoms with Crippen molar-refractivity contribution >= 4 is 23.1 Å². The molecule has 2 aromatic rings. The molecule has 0 spiro atoms. The maximum Gasteiger partial charge on any atom is 0.323 e. The van der Waals surface area contributed by atoms with Gasteiger partial charge in [-0.15, -0.1) is 0 Å². The number of carbonyl (C=O) groups excluding carboxylic acids is 1. The summed E-state index contributed by atoms with van der Waals surface area (Å²) < 4.78 is 7.18. The van der Waals surface area contributed by atoms with E-state index in [9.17, 15) is 9.90 Å². The molecular formula is C16H26N6O3. The number of aromatic nitrogens is 4. The summed E-state index contributed by atoms with van der Waals surface area (Å²) in [7, 11) is 0. The number of aliphatic hydroxyl groups is 1. The molecule has 0 aromatic carbocycles. The number of rotatable bonds is 9. The highest BCUT2D eigenvalue weighted by atomic mass is 16.5. The molecule has 9 heteroatoms. The number of aliphatic hydroxyl groups excluding tert-OH is 1. The fourth-order valence-electron chi connectivity index (χ4n) is 2.47. The highest BCUT2D eigenvalue weighted by molar-refractivity contribution is 5.75. The molecule has 0 aliphatic carbocycles. The molecule has 0 fully saturated rings. The molecule has 0 saturated carbocycles. The molecule has 138 valence electrons. The zero-order valence-electron chi connectivity index (χ0n) is 14.6. The molecule has 3 atom stereocenters. The normalized spacial score (nSPS) is 15.0. The van der Waals surface area contributed by atoms with Crippen molar-refractivity contribution in [2.75, 3.05) is 18.9 Å². The van der Waals surface area contributed by atoms with Gasteiger partial charge >= 0.3 is 5.97 Å². The number of hydrogen-bond acceptors (Lipinski definition) is 8. The van der Waals surface area contributed by atoms with E-state index < -0.39 is 12.0 Å². The van der Waals surface area contributed by atoms with Crippen molar-refractivity contribution in [2.45, 2.75) is 39.3 Å². The van der Waals surface area contributed by atoms with Crippen molar-refractivity contribution in [1.82, 2.24) is 19.5 Å². The van der Waals surface area contributed by atoms with Gasteiger partial charge < -0.3 is 25.9 Å². The molecule has 2 heterocycles. The van der Waals surface area contributed by atoms with E-state index in [1.807, 2.05) is 18.4 Å². The summed E-state index contributed by atoms with van der Waals surface area (Å²) in [6.07, 6.45) is 4.47. The Morgan fingerprint density at radius 1 is 1.44 bits per heavy atom. The van der Waals surface area contributed by atoms with Crippen molar-refractivity contribution in [1.29, 1.82) is 0 Å². The van der Waals surface area contributed by atoms with Gasteiger partial charge in [-0.05, 0) is 12.3 Å². The summed E-state index contributed by atoms with van der Waals surface area (Å²) in [6, 6.07) is -0.638. The quantitative estimate of drug-likeness (QED) is 0.549. The summed E-state index contributed by atoms with van der Waals surface area (Å²) in [6.45, 7) is 4.54. The lowest BCUT2D eigenvalue weighted by Gasteiger charge is -2.20. The first-order chi connectivity index (χ1) is 12.0. The predicted molar refractivity (Wildman–Crippen MR) is 93.3 cm³/mol. The van der Waals surface area contributed by atoms with Crippen LogP contribution in [0.15, 0.2) is 12.5 Å². The van der Waals surface area contributed by atoms with Gasteiger partial charge in [0, 0.05) is 19.1 Å². The summed E-state index contributed by atoms with van der Waals surface area (Å²) in [5.74, 6) is -0.286. The van der Waals surface area contributed by atoms with Crippen LogP contribution in [0, 0.1) is 11.8 Å². The van der Waals surface area contributed by atoms with Crippen molar-refractivity contribution in [3.05, 3.63) is 12.5 Å². The number of nitrogens with two attached hydrogens (primary N) is 2. The molecule has 0 saturated heterocycles. The van der Waals surface area contributed by atoms with Crippen LogP contribution in [0.4, 0.5) is 5.95 Å². The largest absolute Gasteiger partial charge is 0.464 e. The predicted octanol–water partition coefficient (Wildman–Crippen LogP) is 0.324. The molecule has 0 aliphatic rings. The van der Waals surface area contributed by atoms with E-state index in [0.717, 1.165) is 6.42 Å². The second-order valence-electron chi connectivity index (χ2n) is 6.25. The average Bonchev–Trinajstić information content (AvgIpc) is 3.00. The Kier molecular flexibility index (Phi) is 6.65. The first kappa shape index (κ1) is 19.1. The lowest BCUT2D eigenvalue weighted by atomic mass is 10.0. The second kappa shape index (κ2) is 8.72. The number of fused-ring (bicyclic) bond motifs is 1. The van der Waals surface area contributed by atoms with Crippen LogP contribution in [0.1, 0.15) is 26.7 Å². The van der Waals surface area contributed by atoms with Gasteiger partial charge in [0.1, 0.15) is 11.6 Å². The summed E-state index contributed by atoms with van der Waals surface area (Å²) >= 11 is 0. The number of carbonyl (C=O) groups is 1.